The van der Waals surface area contributed by atoms with Gasteiger partial charge in [0.2, 0.25) is 17.7 Å². The smallest absolute Gasteiger partial charge is 0.416 e. The lowest BCUT2D eigenvalue weighted by molar-refractivity contribution is -0.137. The highest BCUT2D eigenvalue weighted by Crippen LogP contribution is 2.37. The highest BCUT2D eigenvalue weighted by molar-refractivity contribution is 5.90. The van der Waals surface area contributed by atoms with Crippen molar-refractivity contribution in [2.45, 2.75) is 37.9 Å². The molecule has 0 aliphatic heterocycles. The van der Waals surface area contributed by atoms with Crippen molar-refractivity contribution in [3.05, 3.63) is 41.1 Å². The number of carbonyl (C=O) groups excluding carboxylic acids is 1. The lowest BCUT2D eigenvalue weighted by Crippen LogP contribution is -2.49. The molecule has 2 rings (SSSR count). The average Bonchev–Trinajstić information content (AvgIpc) is 2.72. The van der Waals surface area contributed by atoms with Gasteiger partial charge in [-0.1, -0.05) is 6.07 Å². The molecule has 0 fully saturated rings. The molecule has 12 heteroatoms. The number of hydrogen-bond donors (Lipinski definition) is 4. The second kappa shape index (κ2) is 10.1. The number of carbonyl (C=O) groups is 1. The number of rotatable bonds is 10. The molecule has 32 heavy (non-hydrogen) atoms. The second-order valence-electron chi connectivity index (χ2n) is 6.87. The minimum absolute atomic E-state index is 0.0214. The van der Waals surface area contributed by atoms with E-state index in [0.717, 1.165) is 12.1 Å². The lowest BCUT2D eigenvalue weighted by atomic mass is 9.85. The molecule has 1 heterocycles. The van der Waals surface area contributed by atoms with Crippen LogP contribution in [0.4, 0.5) is 24.8 Å². The molecular weight excluding hydrogens is 427 g/mol. The number of nitrogens with two attached hydrogens (primary N) is 3. The van der Waals surface area contributed by atoms with Gasteiger partial charge in [-0.2, -0.15) is 23.4 Å². The molecule has 172 valence electrons. The number of nitriles is 1. The molecule has 0 spiro atoms. The van der Waals surface area contributed by atoms with Crippen LogP contribution in [-0.2, 0) is 16.5 Å². The summed E-state index contributed by atoms with van der Waals surface area (Å²) in [5.41, 5.74) is 13.8. The minimum atomic E-state index is -4.61. The van der Waals surface area contributed by atoms with Gasteiger partial charge in [0.1, 0.15) is 17.3 Å². The zero-order chi connectivity index (χ0) is 23.9. The van der Waals surface area contributed by atoms with Crippen LogP contribution in [0.2, 0.25) is 0 Å². The standard InChI is InChI=1S/C20H24F3N7O2/c1-2-32-16-14(11-25)15(28-18(27)29-16)19(17(26)31,8-3-4-9-24)30-13-7-5-6-12(10-13)20(21,22)23/h5-7,10,30H,2-4,8-9,24H2,1H3,(H2,26,31)(H2,27,28,29)/t19-/m0/s1. The summed E-state index contributed by atoms with van der Waals surface area (Å²) in [5.74, 6) is -1.42. The van der Waals surface area contributed by atoms with E-state index < -0.39 is 23.2 Å². The van der Waals surface area contributed by atoms with Gasteiger partial charge in [-0.3, -0.25) is 4.79 Å². The molecule has 7 N–H and O–H groups in total. The fourth-order valence-electron chi connectivity index (χ4n) is 3.20. The third-order valence-electron chi connectivity index (χ3n) is 4.66. The van der Waals surface area contributed by atoms with Crippen LogP contribution in [0.15, 0.2) is 24.3 Å². The van der Waals surface area contributed by atoms with Gasteiger partial charge in [-0.25, -0.2) is 4.98 Å². The lowest BCUT2D eigenvalue weighted by Gasteiger charge is -2.33. The van der Waals surface area contributed by atoms with Crippen molar-refractivity contribution in [2.24, 2.45) is 11.5 Å². The summed E-state index contributed by atoms with van der Waals surface area (Å²) >= 11 is 0. The first-order valence-electron chi connectivity index (χ1n) is 9.75. The number of nitrogen functional groups attached to an aromatic ring is 1. The summed E-state index contributed by atoms with van der Waals surface area (Å²) < 4.78 is 45.0. The van der Waals surface area contributed by atoms with Crippen LogP contribution in [0.5, 0.6) is 5.88 Å². The molecule has 0 aliphatic carbocycles. The fourth-order valence-corrected chi connectivity index (χ4v) is 3.20. The largest absolute Gasteiger partial charge is 0.477 e. The number of nitrogens with zero attached hydrogens (tertiary/aromatic N) is 3. The maximum Gasteiger partial charge on any atom is 0.416 e. The van der Waals surface area contributed by atoms with Crippen molar-refractivity contribution in [1.82, 2.24) is 9.97 Å². The Labute approximate surface area is 182 Å². The topological polar surface area (TPSA) is 166 Å². The van der Waals surface area contributed by atoms with E-state index in [0.29, 0.717) is 19.4 Å². The summed E-state index contributed by atoms with van der Waals surface area (Å²) in [6.07, 6.45) is -3.79. The summed E-state index contributed by atoms with van der Waals surface area (Å²) in [4.78, 5) is 20.8. The van der Waals surface area contributed by atoms with Crippen molar-refractivity contribution in [1.29, 1.82) is 5.26 Å². The first-order chi connectivity index (χ1) is 15.1. The van der Waals surface area contributed by atoms with Crippen molar-refractivity contribution in [3.63, 3.8) is 0 Å². The van der Waals surface area contributed by atoms with Crippen LogP contribution in [0.3, 0.4) is 0 Å². The van der Waals surface area contributed by atoms with Gasteiger partial charge in [0.15, 0.2) is 5.54 Å². The van der Waals surface area contributed by atoms with Crippen LogP contribution in [0.1, 0.15) is 43.0 Å². The highest BCUT2D eigenvalue weighted by Gasteiger charge is 2.43. The molecule has 0 bridgehead atoms. The number of unbranched alkanes of at least 4 members (excludes halogenated alkanes) is 1. The third kappa shape index (κ3) is 5.36. The molecule has 0 saturated carbocycles. The second-order valence-corrected chi connectivity index (χ2v) is 6.87. The maximum atomic E-state index is 13.2. The van der Waals surface area contributed by atoms with Crippen molar-refractivity contribution in [3.8, 4) is 11.9 Å². The van der Waals surface area contributed by atoms with Gasteiger partial charge < -0.3 is 27.3 Å². The number of halogens is 3. The third-order valence-corrected chi connectivity index (χ3v) is 4.66. The average molecular weight is 451 g/mol. The van der Waals surface area contributed by atoms with Crippen molar-refractivity contribution < 1.29 is 22.7 Å². The number of hydrogen-bond acceptors (Lipinski definition) is 8. The summed E-state index contributed by atoms with van der Waals surface area (Å²) in [7, 11) is 0. The van der Waals surface area contributed by atoms with E-state index in [2.05, 4.69) is 15.3 Å². The molecule has 1 aromatic heterocycles. The van der Waals surface area contributed by atoms with E-state index >= 15 is 0 Å². The Morgan fingerprint density at radius 1 is 1.28 bits per heavy atom. The molecule has 2 aromatic rings. The number of nitrogens with one attached hydrogen (secondary N) is 1. The Balaban J connectivity index is 2.74. The highest BCUT2D eigenvalue weighted by atomic mass is 19.4. The van der Waals surface area contributed by atoms with E-state index in [4.69, 9.17) is 21.9 Å². The number of amides is 1. The zero-order valence-corrected chi connectivity index (χ0v) is 17.4. The van der Waals surface area contributed by atoms with E-state index in [9.17, 15) is 23.2 Å². The minimum Gasteiger partial charge on any atom is -0.477 e. The van der Waals surface area contributed by atoms with Gasteiger partial charge in [0, 0.05) is 5.69 Å². The molecule has 1 atom stereocenters. The van der Waals surface area contributed by atoms with E-state index in [1.807, 2.05) is 6.07 Å². The van der Waals surface area contributed by atoms with Gasteiger partial charge in [-0.05, 0) is 50.9 Å². The van der Waals surface area contributed by atoms with Crippen LogP contribution >= 0.6 is 0 Å². The Hall–Kier alpha value is -3.59. The fraction of sp³-hybridized carbons (Fsp3) is 0.400. The Kier molecular flexibility index (Phi) is 7.82. The van der Waals surface area contributed by atoms with Crippen LogP contribution in [-0.4, -0.2) is 29.0 Å². The number of alkyl halides is 3. The predicted octanol–water partition coefficient (Wildman–Crippen LogP) is 2.27. The van der Waals surface area contributed by atoms with E-state index in [1.165, 1.54) is 12.1 Å². The maximum absolute atomic E-state index is 13.2. The van der Waals surface area contributed by atoms with Crippen LogP contribution in [0, 0.1) is 11.3 Å². The number of benzene rings is 1. The number of anilines is 2. The van der Waals surface area contributed by atoms with Gasteiger partial charge >= 0.3 is 6.18 Å². The van der Waals surface area contributed by atoms with Crippen LogP contribution in [0.25, 0.3) is 0 Å². The number of aromatic nitrogens is 2. The monoisotopic (exact) mass is 451 g/mol. The summed E-state index contributed by atoms with van der Waals surface area (Å²) in [6, 6.07) is 6.14. The Morgan fingerprint density at radius 3 is 2.56 bits per heavy atom. The molecular formula is C20H24F3N7O2. The molecule has 9 nitrogen and oxygen atoms in total. The van der Waals surface area contributed by atoms with E-state index in [1.54, 1.807) is 6.92 Å². The molecule has 0 radical (unpaired) electrons. The van der Waals surface area contributed by atoms with Gasteiger partial charge in [0.25, 0.3) is 0 Å². The first-order valence-corrected chi connectivity index (χ1v) is 9.75. The van der Waals surface area contributed by atoms with Crippen molar-refractivity contribution in [2.75, 3.05) is 24.2 Å². The van der Waals surface area contributed by atoms with Crippen LogP contribution < -0.4 is 27.3 Å². The van der Waals surface area contributed by atoms with Gasteiger partial charge in [-0.15, -0.1) is 0 Å². The number of ether oxygens (including phenoxy) is 1. The SMILES string of the molecule is CCOc1nc(N)nc([C@](CCCCN)(Nc2cccc(C(F)(F)F)c2)C(N)=O)c1C#N. The Bertz CT molecular complexity index is 1010. The molecule has 1 aromatic carbocycles. The van der Waals surface area contributed by atoms with E-state index in [-0.39, 0.29) is 41.8 Å². The summed E-state index contributed by atoms with van der Waals surface area (Å²) in [5, 5.41) is 12.5. The first kappa shape index (κ1) is 24.7. The van der Waals surface area contributed by atoms with Gasteiger partial charge in [0.05, 0.1) is 12.2 Å². The quantitative estimate of drug-likeness (QED) is 0.399. The molecule has 1 amide bonds. The normalized spacial score (nSPS) is 13.1. The molecule has 0 unspecified atom stereocenters. The molecule has 0 saturated heterocycles. The number of primary amides is 1. The summed E-state index contributed by atoms with van der Waals surface area (Å²) in [6.45, 7) is 2.10. The zero-order valence-electron chi connectivity index (χ0n) is 17.4. The Morgan fingerprint density at radius 2 is 2.00 bits per heavy atom. The molecule has 0 aliphatic rings. The predicted molar refractivity (Wildman–Crippen MR) is 111 cm³/mol. The van der Waals surface area contributed by atoms with Crippen molar-refractivity contribution >= 4 is 17.5 Å².